The van der Waals surface area contributed by atoms with Crippen LogP contribution in [0.25, 0.3) is 5.69 Å². The average molecular weight is 396 g/mol. The summed E-state index contributed by atoms with van der Waals surface area (Å²) in [6.45, 7) is 0. The summed E-state index contributed by atoms with van der Waals surface area (Å²) in [6, 6.07) is 12.1. The number of rotatable bonds is 5. The van der Waals surface area contributed by atoms with E-state index in [1.165, 1.54) is 35.9 Å². The van der Waals surface area contributed by atoms with Gasteiger partial charge in [0.25, 0.3) is 10.0 Å². The molecule has 142 valence electrons. The van der Waals surface area contributed by atoms with Gasteiger partial charge < -0.3 is 9.30 Å². The Morgan fingerprint density at radius 2 is 1.67 bits per heavy atom. The second-order valence-electron chi connectivity index (χ2n) is 5.58. The lowest BCUT2D eigenvalue weighted by Crippen LogP contribution is -2.16. The lowest BCUT2D eigenvalue weighted by Gasteiger charge is -2.17. The molecule has 1 N–H and O–H groups in total. The third-order valence-corrected chi connectivity index (χ3v) is 5.21. The van der Waals surface area contributed by atoms with Crippen LogP contribution in [0.2, 0.25) is 0 Å². The van der Waals surface area contributed by atoms with E-state index < -0.39 is 21.8 Å². The number of aromatic nitrogens is 1. The Hall–Kier alpha value is -2.94. The molecule has 0 aliphatic heterocycles. The first-order valence-corrected chi connectivity index (χ1v) is 9.21. The van der Waals surface area contributed by atoms with Crippen LogP contribution in [0.3, 0.4) is 0 Å². The summed E-state index contributed by atoms with van der Waals surface area (Å²) in [6.07, 6.45) is -1.41. The Bertz CT molecular complexity index is 1050. The molecule has 0 saturated heterocycles. The van der Waals surface area contributed by atoms with E-state index in [1.807, 2.05) is 0 Å². The van der Waals surface area contributed by atoms with Crippen LogP contribution in [0.4, 0.5) is 18.9 Å². The number of anilines is 1. The van der Waals surface area contributed by atoms with Crippen LogP contribution in [0.1, 0.15) is 5.56 Å². The lowest BCUT2D eigenvalue weighted by molar-refractivity contribution is -0.137. The third-order valence-electron chi connectivity index (χ3n) is 3.81. The van der Waals surface area contributed by atoms with Gasteiger partial charge in [-0.15, -0.1) is 0 Å². The van der Waals surface area contributed by atoms with Crippen molar-refractivity contribution in [3.63, 3.8) is 0 Å². The molecule has 1 heterocycles. The van der Waals surface area contributed by atoms with E-state index in [-0.39, 0.29) is 22.0 Å². The van der Waals surface area contributed by atoms with Crippen molar-refractivity contribution in [2.24, 2.45) is 0 Å². The number of nitrogens with zero attached hydrogens (tertiary/aromatic N) is 1. The number of halogens is 3. The van der Waals surface area contributed by atoms with Crippen molar-refractivity contribution >= 4 is 15.7 Å². The molecule has 5 nitrogen and oxygen atoms in total. The van der Waals surface area contributed by atoms with Gasteiger partial charge in [0.2, 0.25) is 0 Å². The Balaban J connectivity index is 2.12. The Morgan fingerprint density at radius 3 is 2.30 bits per heavy atom. The summed E-state index contributed by atoms with van der Waals surface area (Å²) in [5.41, 5.74) is -0.908. The highest BCUT2D eigenvalue weighted by molar-refractivity contribution is 7.92. The van der Waals surface area contributed by atoms with Gasteiger partial charge in [0.15, 0.2) is 0 Å². The molecule has 3 aromatic rings. The van der Waals surface area contributed by atoms with Crippen molar-refractivity contribution in [2.45, 2.75) is 11.1 Å². The molecule has 1 aromatic heterocycles. The second-order valence-corrected chi connectivity index (χ2v) is 7.23. The van der Waals surface area contributed by atoms with Gasteiger partial charge in [-0.05, 0) is 42.5 Å². The molecule has 0 aliphatic rings. The maximum atomic E-state index is 13.1. The van der Waals surface area contributed by atoms with E-state index in [0.29, 0.717) is 0 Å². The summed E-state index contributed by atoms with van der Waals surface area (Å²) < 4.78 is 73.7. The van der Waals surface area contributed by atoms with Gasteiger partial charge in [0, 0.05) is 12.4 Å². The van der Waals surface area contributed by atoms with E-state index in [9.17, 15) is 21.6 Å². The highest BCUT2D eigenvalue weighted by Crippen LogP contribution is 2.35. The van der Waals surface area contributed by atoms with Crippen LogP contribution in [0.5, 0.6) is 5.75 Å². The molecule has 9 heteroatoms. The van der Waals surface area contributed by atoms with Crippen molar-refractivity contribution in [1.29, 1.82) is 0 Å². The van der Waals surface area contributed by atoms with E-state index in [0.717, 1.165) is 12.1 Å². The molecule has 0 aliphatic carbocycles. The topological polar surface area (TPSA) is 60.3 Å². The first-order valence-electron chi connectivity index (χ1n) is 7.73. The van der Waals surface area contributed by atoms with Crippen LogP contribution in [-0.2, 0) is 16.2 Å². The van der Waals surface area contributed by atoms with Gasteiger partial charge in [0.05, 0.1) is 24.0 Å². The van der Waals surface area contributed by atoms with Gasteiger partial charge >= 0.3 is 6.18 Å². The van der Waals surface area contributed by atoms with E-state index >= 15 is 0 Å². The number of benzene rings is 2. The molecule has 3 rings (SSSR count). The number of hydrogen-bond acceptors (Lipinski definition) is 3. The monoisotopic (exact) mass is 396 g/mol. The second kappa shape index (κ2) is 6.99. The quantitative estimate of drug-likeness (QED) is 0.699. The molecule has 27 heavy (non-hydrogen) atoms. The van der Waals surface area contributed by atoms with Crippen LogP contribution in [-0.4, -0.2) is 20.1 Å². The van der Waals surface area contributed by atoms with Crippen molar-refractivity contribution in [1.82, 2.24) is 4.57 Å². The molecule has 0 amide bonds. The highest BCUT2D eigenvalue weighted by Gasteiger charge is 2.32. The third kappa shape index (κ3) is 3.92. The predicted molar refractivity (Wildman–Crippen MR) is 94.6 cm³/mol. The van der Waals surface area contributed by atoms with E-state index in [4.69, 9.17) is 4.74 Å². The molecule has 2 aromatic carbocycles. The zero-order chi connectivity index (χ0) is 19.7. The summed E-state index contributed by atoms with van der Waals surface area (Å²) >= 11 is 0. The first-order chi connectivity index (χ1) is 12.7. The Labute approximate surface area is 154 Å². The normalized spacial score (nSPS) is 12.0. The zero-order valence-electron chi connectivity index (χ0n) is 14.1. The maximum Gasteiger partial charge on any atom is 0.416 e. The highest BCUT2D eigenvalue weighted by atomic mass is 32.2. The van der Waals surface area contributed by atoms with Crippen molar-refractivity contribution in [3.05, 3.63) is 72.6 Å². The Morgan fingerprint density at radius 1 is 1.00 bits per heavy atom. The minimum absolute atomic E-state index is 0.0829. The van der Waals surface area contributed by atoms with Crippen molar-refractivity contribution in [2.75, 3.05) is 11.8 Å². The molecule has 0 unspecified atom stereocenters. The van der Waals surface area contributed by atoms with Gasteiger partial charge in [-0.25, -0.2) is 8.42 Å². The van der Waals surface area contributed by atoms with Crippen LogP contribution >= 0.6 is 0 Å². The number of methoxy groups -OCH3 is 1. The summed E-state index contributed by atoms with van der Waals surface area (Å²) in [4.78, 5) is -0.177. The van der Waals surface area contributed by atoms with E-state index in [2.05, 4.69) is 4.72 Å². The number of nitrogens with one attached hydrogen (secondary N) is 1. The van der Waals surface area contributed by atoms with Gasteiger partial charge in [-0.2, -0.15) is 13.2 Å². The minimum atomic E-state index is -4.61. The molecule has 0 spiro atoms. The smallest absolute Gasteiger partial charge is 0.416 e. The Kier molecular flexibility index (Phi) is 4.88. The summed E-state index contributed by atoms with van der Waals surface area (Å²) in [5, 5.41) is 0. The number of para-hydroxylation sites is 1. The predicted octanol–water partition coefficient (Wildman–Crippen LogP) is 4.31. The van der Waals surface area contributed by atoms with Crippen molar-refractivity contribution in [3.8, 4) is 11.4 Å². The zero-order valence-corrected chi connectivity index (χ0v) is 14.9. The molecule has 0 radical (unpaired) electrons. The summed E-state index contributed by atoms with van der Waals surface area (Å²) in [5.74, 6) is 0.0829. The fourth-order valence-electron chi connectivity index (χ4n) is 2.55. The fraction of sp³-hybridized carbons (Fsp3) is 0.111. The van der Waals surface area contributed by atoms with Crippen LogP contribution < -0.4 is 9.46 Å². The SMILES string of the molecule is COc1ccccc1S(=O)(=O)Nc1cc(C(F)(F)F)ccc1-n1cccc1. The molecular weight excluding hydrogens is 381 g/mol. The number of alkyl halides is 3. The molecule has 0 bridgehead atoms. The standard InChI is InChI=1S/C18H15F3N2O3S/c1-26-16-6-2-3-7-17(16)27(24,25)22-14-12-13(18(19,20)21)8-9-15(14)23-10-4-5-11-23/h2-12,22H,1H3. The minimum Gasteiger partial charge on any atom is -0.495 e. The molecule has 0 saturated carbocycles. The van der Waals surface area contributed by atoms with E-state index in [1.54, 1.807) is 30.6 Å². The number of sulfonamides is 1. The van der Waals surface area contributed by atoms with Gasteiger partial charge in [-0.3, -0.25) is 4.72 Å². The maximum absolute atomic E-state index is 13.1. The van der Waals surface area contributed by atoms with Crippen LogP contribution in [0, 0.1) is 0 Å². The first kappa shape index (κ1) is 18.8. The van der Waals surface area contributed by atoms with Crippen LogP contribution in [0.15, 0.2) is 71.9 Å². The molecular formula is C18H15F3N2O3S. The van der Waals surface area contributed by atoms with Gasteiger partial charge in [0.1, 0.15) is 10.6 Å². The average Bonchev–Trinajstić information content (AvgIpc) is 3.15. The fourth-order valence-corrected chi connectivity index (χ4v) is 3.79. The largest absolute Gasteiger partial charge is 0.495 e. The molecule has 0 atom stereocenters. The van der Waals surface area contributed by atoms with Gasteiger partial charge in [-0.1, -0.05) is 12.1 Å². The number of ether oxygens (including phenoxy) is 1. The number of hydrogen-bond donors (Lipinski definition) is 1. The van der Waals surface area contributed by atoms with Crippen molar-refractivity contribution < 1.29 is 26.3 Å². The summed E-state index contributed by atoms with van der Waals surface area (Å²) in [7, 11) is -2.88. The lowest BCUT2D eigenvalue weighted by atomic mass is 10.1. The molecule has 0 fully saturated rings.